The highest BCUT2D eigenvalue weighted by Crippen LogP contribution is 2.19. The average Bonchev–Trinajstić information content (AvgIpc) is 2.29. The molecule has 3 N–H and O–H groups in total. The Morgan fingerprint density at radius 1 is 1.39 bits per heavy atom. The van der Waals surface area contributed by atoms with Crippen LogP contribution in [0.25, 0.3) is 0 Å². The van der Waals surface area contributed by atoms with Crippen molar-refractivity contribution >= 4 is 11.9 Å². The van der Waals surface area contributed by atoms with Gasteiger partial charge in [-0.1, -0.05) is 0 Å². The third-order valence-corrected chi connectivity index (χ3v) is 2.47. The van der Waals surface area contributed by atoms with Gasteiger partial charge in [-0.3, -0.25) is 9.59 Å². The van der Waals surface area contributed by atoms with E-state index >= 15 is 0 Å². The zero-order chi connectivity index (χ0) is 13.9. The van der Waals surface area contributed by atoms with Crippen LogP contribution in [0.2, 0.25) is 0 Å². The topological polar surface area (TPSA) is 86.6 Å². The van der Waals surface area contributed by atoms with Gasteiger partial charge in [0.15, 0.2) is 0 Å². The Morgan fingerprint density at radius 2 is 2.00 bits per heavy atom. The summed E-state index contributed by atoms with van der Waals surface area (Å²) >= 11 is 0. The summed E-state index contributed by atoms with van der Waals surface area (Å²) in [6, 6.07) is 2.97. The van der Waals surface area contributed by atoms with Crippen LogP contribution in [-0.4, -0.2) is 28.6 Å². The monoisotopic (exact) mass is 255 g/mol. The van der Waals surface area contributed by atoms with Gasteiger partial charge in [-0.15, -0.1) is 0 Å². The normalized spacial score (nSPS) is 11.1. The number of carboxylic acid groups (broad SMARTS) is 1. The number of halogens is 1. The maximum atomic E-state index is 12.9. The lowest BCUT2D eigenvalue weighted by molar-refractivity contribution is -0.146. The summed E-state index contributed by atoms with van der Waals surface area (Å²) in [6.07, 6.45) is 0. The molecule has 0 aromatic heterocycles. The van der Waals surface area contributed by atoms with E-state index in [1.165, 1.54) is 13.8 Å². The fourth-order valence-electron chi connectivity index (χ4n) is 1.16. The second-order valence-corrected chi connectivity index (χ2v) is 4.53. The lowest BCUT2D eigenvalue weighted by atomic mass is 9.94. The zero-order valence-corrected chi connectivity index (χ0v) is 10.0. The maximum Gasteiger partial charge on any atom is 0.310 e. The average molecular weight is 255 g/mol. The molecule has 1 amide bonds. The summed E-state index contributed by atoms with van der Waals surface area (Å²) in [5, 5.41) is 20.6. The molecule has 0 atom stereocenters. The van der Waals surface area contributed by atoms with Gasteiger partial charge in [-0.25, -0.2) is 4.39 Å². The molecule has 1 aromatic rings. The smallest absolute Gasteiger partial charge is 0.310 e. The van der Waals surface area contributed by atoms with Crippen LogP contribution in [0.5, 0.6) is 5.75 Å². The lowest BCUT2D eigenvalue weighted by Gasteiger charge is -2.19. The molecule has 1 aromatic carbocycles. The van der Waals surface area contributed by atoms with Crippen molar-refractivity contribution in [1.29, 1.82) is 0 Å². The van der Waals surface area contributed by atoms with Crippen LogP contribution in [0.15, 0.2) is 18.2 Å². The Kier molecular flexibility index (Phi) is 3.90. The number of amides is 1. The van der Waals surface area contributed by atoms with E-state index in [0.717, 1.165) is 18.2 Å². The first-order valence-corrected chi connectivity index (χ1v) is 5.24. The number of phenols is 1. The van der Waals surface area contributed by atoms with Crippen LogP contribution in [-0.2, 0) is 4.79 Å². The van der Waals surface area contributed by atoms with Gasteiger partial charge >= 0.3 is 5.97 Å². The number of carboxylic acids is 1. The fraction of sp³-hybridized carbons (Fsp3) is 0.333. The van der Waals surface area contributed by atoms with E-state index in [0.29, 0.717) is 0 Å². The van der Waals surface area contributed by atoms with E-state index in [2.05, 4.69) is 5.32 Å². The predicted molar refractivity (Wildman–Crippen MR) is 61.8 cm³/mol. The number of phenolic OH excluding ortho intramolecular Hbond substituents is 1. The molecule has 0 aliphatic carbocycles. The molecule has 0 saturated carbocycles. The molecule has 0 aliphatic heterocycles. The van der Waals surface area contributed by atoms with Crippen molar-refractivity contribution in [2.45, 2.75) is 13.8 Å². The number of rotatable bonds is 4. The summed E-state index contributed by atoms with van der Waals surface area (Å²) in [4.78, 5) is 22.5. The standard InChI is InChI=1S/C12H14FNO4/c1-12(2,11(17)18)6-14-10(16)8-5-7(13)3-4-9(8)15/h3-5,15H,6H2,1-2H3,(H,14,16)(H,17,18). The van der Waals surface area contributed by atoms with E-state index in [4.69, 9.17) is 5.11 Å². The van der Waals surface area contributed by atoms with Crippen molar-refractivity contribution in [1.82, 2.24) is 5.32 Å². The van der Waals surface area contributed by atoms with Crippen molar-refractivity contribution in [3.8, 4) is 5.75 Å². The van der Waals surface area contributed by atoms with Crippen molar-refractivity contribution in [2.75, 3.05) is 6.54 Å². The van der Waals surface area contributed by atoms with Crippen molar-refractivity contribution in [2.24, 2.45) is 5.41 Å². The van der Waals surface area contributed by atoms with E-state index in [1.807, 2.05) is 0 Å². The second-order valence-electron chi connectivity index (χ2n) is 4.53. The van der Waals surface area contributed by atoms with Gasteiger partial charge in [0.1, 0.15) is 11.6 Å². The minimum absolute atomic E-state index is 0.128. The number of hydrogen-bond acceptors (Lipinski definition) is 3. The molecule has 0 spiro atoms. The van der Waals surface area contributed by atoms with Gasteiger partial charge in [-0.05, 0) is 32.0 Å². The van der Waals surface area contributed by atoms with Gasteiger partial charge in [0.25, 0.3) is 5.91 Å². The first-order valence-electron chi connectivity index (χ1n) is 5.24. The lowest BCUT2D eigenvalue weighted by Crippen LogP contribution is -2.38. The number of carbonyl (C=O) groups excluding carboxylic acids is 1. The van der Waals surface area contributed by atoms with Crippen LogP contribution in [0.4, 0.5) is 4.39 Å². The van der Waals surface area contributed by atoms with E-state index < -0.39 is 23.1 Å². The number of benzene rings is 1. The summed E-state index contributed by atoms with van der Waals surface area (Å²) < 4.78 is 12.9. The molecule has 5 nitrogen and oxygen atoms in total. The Bertz CT molecular complexity index is 485. The van der Waals surface area contributed by atoms with Crippen molar-refractivity contribution in [3.63, 3.8) is 0 Å². The van der Waals surface area contributed by atoms with E-state index in [-0.39, 0.29) is 17.9 Å². The van der Waals surface area contributed by atoms with Crippen LogP contribution >= 0.6 is 0 Å². The van der Waals surface area contributed by atoms with Gasteiger partial charge in [0, 0.05) is 6.54 Å². The van der Waals surface area contributed by atoms with Gasteiger partial charge in [-0.2, -0.15) is 0 Å². The Balaban J connectivity index is 2.78. The largest absolute Gasteiger partial charge is 0.507 e. The summed E-state index contributed by atoms with van der Waals surface area (Å²) in [7, 11) is 0. The Morgan fingerprint density at radius 3 is 2.56 bits per heavy atom. The Labute approximate surface area is 103 Å². The molecule has 18 heavy (non-hydrogen) atoms. The number of aliphatic carboxylic acids is 1. The molecule has 98 valence electrons. The second kappa shape index (κ2) is 5.03. The number of carbonyl (C=O) groups is 2. The predicted octanol–water partition coefficient (Wildman–Crippen LogP) is 1.37. The van der Waals surface area contributed by atoms with E-state index in [1.54, 1.807) is 0 Å². The summed E-state index contributed by atoms with van der Waals surface area (Å²) in [6.45, 7) is 2.76. The third-order valence-electron chi connectivity index (χ3n) is 2.47. The first kappa shape index (κ1) is 14.0. The van der Waals surface area contributed by atoms with Gasteiger partial charge in [0.05, 0.1) is 11.0 Å². The number of hydrogen-bond donors (Lipinski definition) is 3. The molecule has 0 fully saturated rings. The van der Waals surface area contributed by atoms with Crippen molar-refractivity contribution in [3.05, 3.63) is 29.6 Å². The third kappa shape index (κ3) is 3.19. The summed E-state index contributed by atoms with van der Waals surface area (Å²) in [5.74, 6) is -2.80. The Hall–Kier alpha value is -2.11. The highest BCUT2D eigenvalue weighted by molar-refractivity contribution is 5.97. The molecule has 0 aliphatic rings. The molecule has 1 rings (SSSR count). The van der Waals surface area contributed by atoms with E-state index in [9.17, 15) is 19.1 Å². The number of nitrogens with one attached hydrogen (secondary N) is 1. The van der Waals surface area contributed by atoms with Crippen molar-refractivity contribution < 1.29 is 24.2 Å². The highest BCUT2D eigenvalue weighted by Gasteiger charge is 2.28. The first-order chi connectivity index (χ1) is 8.24. The van der Waals surface area contributed by atoms with Crippen LogP contribution in [0.3, 0.4) is 0 Å². The molecule has 0 bridgehead atoms. The molecular weight excluding hydrogens is 241 g/mol. The SMILES string of the molecule is CC(C)(CNC(=O)c1cc(F)ccc1O)C(=O)O. The molecule has 6 heteroatoms. The summed E-state index contributed by atoms with van der Waals surface area (Å²) in [5.41, 5.74) is -1.37. The van der Waals surface area contributed by atoms with Gasteiger partial charge < -0.3 is 15.5 Å². The van der Waals surface area contributed by atoms with Crippen LogP contribution in [0.1, 0.15) is 24.2 Å². The fourth-order valence-corrected chi connectivity index (χ4v) is 1.16. The molecule has 0 radical (unpaired) electrons. The molecule has 0 unspecified atom stereocenters. The molecule has 0 saturated heterocycles. The van der Waals surface area contributed by atoms with Gasteiger partial charge in [0.2, 0.25) is 0 Å². The van der Waals surface area contributed by atoms with Crippen LogP contribution in [0, 0.1) is 11.2 Å². The number of aromatic hydroxyl groups is 1. The maximum absolute atomic E-state index is 12.9. The molecule has 0 heterocycles. The minimum Gasteiger partial charge on any atom is -0.507 e. The minimum atomic E-state index is -1.14. The quantitative estimate of drug-likeness (QED) is 0.758. The van der Waals surface area contributed by atoms with Crippen LogP contribution < -0.4 is 5.32 Å². The highest BCUT2D eigenvalue weighted by atomic mass is 19.1. The molecular formula is C12H14FNO4. The zero-order valence-electron chi connectivity index (χ0n) is 10.0.